The van der Waals surface area contributed by atoms with Crippen LogP contribution >= 0.6 is 12.4 Å². The molecule has 0 atom stereocenters. The molecule has 0 saturated carbocycles. The first-order chi connectivity index (χ1) is 12.1. The number of hydrogen-bond donors (Lipinski definition) is 1. The second-order valence-corrected chi connectivity index (χ2v) is 9.67. The molecule has 0 fully saturated rings. The standard InChI is InChI=1S/C25H52.ClH.H3N/c1-5-6-7-8-9-10-11-12-13-14-15-16-17-18-19-20-21-22-23-24-25(2,3)4;;/h5-24H2,1-4H3;1H;1H3. The van der Waals surface area contributed by atoms with Crippen LogP contribution in [0.15, 0.2) is 0 Å². The zero-order valence-electron chi connectivity index (χ0n) is 19.8. The maximum atomic E-state index is 2.36. The van der Waals surface area contributed by atoms with Gasteiger partial charge < -0.3 is 6.15 Å². The van der Waals surface area contributed by atoms with Crippen LogP contribution in [0.2, 0.25) is 0 Å². The first-order valence-electron chi connectivity index (χ1n) is 12.1. The maximum absolute atomic E-state index is 2.36. The van der Waals surface area contributed by atoms with E-state index in [0.29, 0.717) is 5.41 Å². The van der Waals surface area contributed by atoms with Crippen molar-refractivity contribution in [2.24, 2.45) is 5.41 Å². The van der Waals surface area contributed by atoms with Crippen LogP contribution in [0.1, 0.15) is 156 Å². The van der Waals surface area contributed by atoms with Crippen LogP contribution in [0.5, 0.6) is 0 Å². The molecule has 0 amide bonds. The maximum Gasteiger partial charge on any atom is -0.0383 e. The van der Waals surface area contributed by atoms with Gasteiger partial charge in [-0.3, -0.25) is 0 Å². The molecule has 3 N–H and O–H groups in total. The Balaban J connectivity index is -0.00000288. The van der Waals surface area contributed by atoms with Gasteiger partial charge in [-0.2, -0.15) is 0 Å². The van der Waals surface area contributed by atoms with E-state index in [1.54, 1.807) is 0 Å². The summed E-state index contributed by atoms with van der Waals surface area (Å²) in [6, 6.07) is 0. The summed E-state index contributed by atoms with van der Waals surface area (Å²) in [5, 5.41) is 0. The van der Waals surface area contributed by atoms with Crippen molar-refractivity contribution < 1.29 is 0 Å². The molecule has 168 valence electrons. The lowest BCUT2D eigenvalue weighted by Crippen LogP contribution is -2.03. The van der Waals surface area contributed by atoms with Crippen molar-refractivity contribution in [1.29, 1.82) is 0 Å². The highest BCUT2D eigenvalue weighted by Crippen LogP contribution is 2.22. The lowest BCUT2D eigenvalue weighted by Gasteiger charge is -2.17. The van der Waals surface area contributed by atoms with Crippen molar-refractivity contribution in [2.45, 2.75) is 156 Å². The van der Waals surface area contributed by atoms with Gasteiger partial charge in [0.15, 0.2) is 0 Å². The molecule has 27 heavy (non-hydrogen) atoms. The zero-order valence-corrected chi connectivity index (χ0v) is 20.6. The number of halogens is 1. The Morgan fingerprint density at radius 3 is 0.852 bits per heavy atom. The van der Waals surface area contributed by atoms with Crippen molar-refractivity contribution in [3.05, 3.63) is 0 Å². The van der Waals surface area contributed by atoms with Crippen LogP contribution in [-0.2, 0) is 0 Å². The summed E-state index contributed by atoms with van der Waals surface area (Å²) in [4.78, 5) is 0. The Labute approximate surface area is 180 Å². The van der Waals surface area contributed by atoms with Crippen molar-refractivity contribution in [3.63, 3.8) is 0 Å². The van der Waals surface area contributed by atoms with Gasteiger partial charge in [-0.25, -0.2) is 0 Å². The number of hydrogen-bond acceptors (Lipinski definition) is 1. The molecule has 0 heterocycles. The van der Waals surface area contributed by atoms with Gasteiger partial charge in [0.05, 0.1) is 0 Å². The van der Waals surface area contributed by atoms with Crippen molar-refractivity contribution in [1.82, 2.24) is 6.15 Å². The van der Waals surface area contributed by atoms with E-state index >= 15 is 0 Å². The van der Waals surface area contributed by atoms with Crippen LogP contribution in [0.4, 0.5) is 0 Å². The molecular weight excluding hydrogens is 350 g/mol. The van der Waals surface area contributed by atoms with E-state index < -0.39 is 0 Å². The minimum absolute atomic E-state index is 0. The fourth-order valence-electron chi connectivity index (χ4n) is 3.73. The van der Waals surface area contributed by atoms with Gasteiger partial charge in [-0.15, -0.1) is 12.4 Å². The Morgan fingerprint density at radius 2 is 0.630 bits per heavy atom. The van der Waals surface area contributed by atoms with Gasteiger partial charge in [0.2, 0.25) is 0 Å². The molecule has 0 aromatic rings. The molecule has 0 rings (SSSR count). The predicted molar refractivity (Wildman–Crippen MR) is 130 cm³/mol. The molecule has 0 aliphatic heterocycles. The molecule has 0 aromatic carbocycles. The molecule has 0 saturated heterocycles. The Hall–Kier alpha value is 0.250. The molecular formula is C25H56ClN. The van der Waals surface area contributed by atoms with Crippen LogP contribution < -0.4 is 6.15 Å². The average Bonchev–Trinajstić information content (AvgIpc) is 2.56. The zero-order chi connectivity index (χ0) is 18.6. The second-order valence-electron chi connectivity index (χ2n) is 9.67. The molecule has 0 spiro atoms. The van der Waals surface area contributed by atoms with Crippen LogP contribution in [0, 0.1) is 5.41 Å². The third kappa shape index (κ3) is 31.2. The SMILES string of the molecule is CCCCCCCCCCCCCCCCCCCCCC(C)(C)C.Cl.N. The van der Waals surface area contributed by atoms with Crippen molar-refractivity contribution >= 4 is 12.4 Å². The Kier molecular flexibility index (Phi) is 28.7. The predicted octanol–water partition coefficient (Wildman–Crippen LogP) is 10.4. The molecule has 0 radical (unpaired) electrons. The van der Waals surface area contributed by atoms with Gasteiger partial charge in [0.25, 0.3) is 0 Å². The van der Waals surface area contributed by atoms with E-state index in [4.69, 9.17) is 0 Å². The molecule has 1 nitrogen and oxygen atoms in total. The molecule has 0 bridgehead atoms. The van der Waals surface area contributed by atoms with E-state index in [9.17, 15) is 0 Å². The Bertz CT molecular complexity index is 247. The fraction of sp³-hybridized carbons (Fsp3) is 1.00. The van der Waals surface area contributed by atoms with Crippen molar-refractivity contribution in [3.8, 4) is 0 Å². The van der Waals surface area contributed by atoms with E-state index in [2.05, 4.69) is 27.7 Å². The van der Waals surface area contributed by atoms with E-state index in [0.717, 1.165) is 0 Å². The monoisotopic (exact) mass is 405 g/mol. The van der Waals surface area contributed by atoms with Gasteiger partial charge in [-0.1, -0.05) is 150 Å². The number of unbranched alkanes of at least 4 members (excludes halogenated alkanes) is 18. The summed E-state index contributed by atoms with van der Waals surface area (Å²) >= 11 is 0. The normalized spacial score (nSPS) is 11.1. The smallest absolute Gasteiger partial charge is 0.0383 e. The summed E-state index contributed by atoms with van der Waals surface area (Å²) in [6.07, 6.45) is 29.3. The summed E-state index contributed by atoms with van der Waals surface area (Å²) in [7, 11) is 0. The molecule has 0 unspecified atom stereocenters. The van der Waals surface area contributed by atoms with Crippen LogP contribution in [0.25, 0.3) is 0 Å². The topological polar surface area (TPSA) is 35.0 Å². The van der Waals surface area contributed by atoms with E-state index in [1.807, 2.05) is 0 Å². The van der Waals surface area contributed by atoms with Gasteiger partial charge >= 0.3 is 0 Å². The van der Waals surface area contributed by atoms with Gasteiger partial charge in [0, 0.05) is 0 Å². The third-order valence-corrected chi connectivity index (χ3v) is 5.53. The van der Waals surface area contributed by atoms with E-state index in [-0.39, 0.29) is 18.6 Å². The summed E-state index contributed by atoms with van der Waals surface area (Å²) in [5.74, 6) is 0. The molecule has 0 aliphatic rings. The van der Waals surface area contributed by atoms with Crippen LogP contribution in [-0.4, -0.2) is 0 Å². The average molecular weight is 406 g/mol. The summed E-state index contributed by atoms with van der Waals surface area (Å²) in [6.45, 7) is 9.39. The van der Waals surface area contributed by atoms with Gasteiger partial charge in [0.1, 0.15) is 0 Å². The van der Waals surface area contributed by atoms with Gasteiger partial charge in [-0.05, 0) is 11.8 Å². The van der Waals surface area contributed by atoms with Crippen molar-refractivity contribution in [2.75, 3.05) is 0 Å². The first-order valence-corrected chi connectivity index (χ1v) is 12.1. The minimum atomic E-state index is 0. The highest BCUT2D eigenvalue weighted by Gasteiger charge is 2.08. The summed E-state index contributed by atoms with van der Waals surface area (Å²) < 4.78 is 0. The summed E-state index contributed by atoms with van der Waals surface area (Å²) in [5.41, 5.74) is 0.536. The van der Waals surface area contributed by atoms with Crippen LogP contribution in [0.3, 0.4) is 0 Å². The largest absolute Gasteiger partial charge is 0.344 e. The van der Waals surface area contributed by atoms with E-state index in [1.165, 1.54) is 128 Å². The fourth-order valence-corrected chi connectivity index (χ4v) is 3.73. The third-order valence-electron chi connectivity index (χ3n) is 5.53. The first kappa shape index (κ1) is 31.9. The second kappa shape index (κ2) is 24.3. The lowest BCUT2D eigenvalue weighted by atomic mass is 9.89. The highest BCUT2D eigenvalue weighted by atomic mass is 35.5. The minimum Gasteiger partial charge on any atom is -0.344 e. The Morgan fingerprint density at radius 1 is 0.407 bits per heavy atom. The highest BCUT2D eigenvalue weighted by molar-refractivity contribution is 5.85. The number of rotatable bonds is 19. The molecule has 0 aromatic heterocycles. The lowest BCUT2D eigenvalue weighted by molar-refractivity contribution is 0.356. The quantitative estimate of drug-likeness (QED) is 0.213. The molecule has 0 aliphatic carbocycles. The molecule has 2 heteroatoms.